The summed E-state index contributed by atoms with van der Waals surface area (Å²) in [7, 11) is 0. The Hall–Kier alpha value is -3.05. The predicted molar refractivity (Wildman–Crippen MR) is 105 cm³/mol. The molecule has 1 fully saturated rings. The minimum absolute atomic E-state index is 0.280. The van der Waals surface area contributed by atoms with Crippen LogP contribution in [0, 0.1) is 0 Å². The van der Waals surface area contributed by atoms with Gasteiger partial charge in [-0.2, -0.15) is 0 Å². The number of fused-ring (bicyclic) bond motifs is 1. The number of nitrogens with one attached hydrogen (secondary N) is 1. The molecule has 152 valence electrons. The van der Waals surface area contributed by atoms with Crippen LogP contribution >= 0.6 is 0 Å². The SMILES string of the molecule is C[C@@]1(O)[C@@H](C(=O)Nc2cccc(CN)c2)O[C@@H](n2ccc3c(N)ncnc32)[C@@H]1O. The second kappa shape index (κ2) is 7.08. The van der Waals surface area contributed by atoms with Crippen molar-refractivity contribution in [3.05, 3.63) is 48.4 Å². The van der Waals surface area contributed by atoms with Gasteiger partial charge in [0.05, 0.1) is 5.39 Å². The number of carbonyl (C=O) groups excluding carboxylic acids is 1. The predicted octanol–water partition coefficient (Wildman–Crippen LogP) is 0.120. The molecule has 1 amide bonds. The minimum atomic E-state index is -1.84. The zero-order valence-corrected chi connectivity index (χ0v) is 15.7. The summed E-state index contributed by atoms with van der Waals surface area (Å²) < 4.78 is 7.32. The highest BCUT2D eigenvalue weighted by Gasteiger charge is 2.56. The number of benzene rings is 1. The van der Waals surface area contributed by atoms with E-state index in [9.17, 15) is 15.0 Å². The van der Waals surface area contributed by atoms with Crippen LogP contribution in [0.1, 0.15) is 18.7 Å². The van der Waals surface area contributed by atoms with Crippen molar-refractivity contribution in [1.29, 1.82) is 0 Å². The number of amides is 1. The molecule has 1 saturated heterocycles. The summed E-state index contributed by atoms with van der Waals surface area (Å²) in [5.41, 5.74) is 11.4. The summed E-state index contributed by atoms with van der Waals surface area (Å²) >= 11 is 0. The Morgan fingerprint density at radius 1 is 1.38 bits per heavy atom. The van der Waals surface area contributed by atoms with Crippen LogP contribution in [0.15, 0.2) is 42.9 Å². The molecule has 0 bridgehead atoms. The number of nitrogen functional groups attached to an aromatic ring is 1. The molecule has 7 N–H and O–H groups in total. The molecule has 0 aliphatic carbocycles. The van der Waals surface area contributed by atoms with Gasteiger partial charge in [0, 0.05) is 18.4 Å². The third-order valence-corrected chi connectivity index (χ3v) is 5.16. The number of rotatable bonds is 4. The van der Waals surface area contributed by atoms with Crippen molar-refractivity contribution in [3.63, 3.8) is 0 Å². The fraction of sp³-hybridized carbons (Fsp3) is 0.316. The molecule has 0 saturated carbocycles. The first-order chi connectivity index (χ1) is 13.8. The van der Waals surface area contributed by atoms with E-state index in [2.05, 4.69) is 15.3 Å². The Morgan fingerprint density at radius 2 is 2.17 bits per heavy atom. The number of nitrogens with two attached hydrogens (primary N) is 2. The van der Waals surface area contributed by atoms with Gasteiger partial charge in [0.15, 0.2) is 12.3 Å². The molecule has 0 unspecified atom stereocenters. The van der Waals surface area contributed by atoms with Crippen LogP contribution in [0.2, 0.25) is 0 Å². The van der Waals surface area contributed by atoms with Crippen molar-refractivity contribution in [2.45, 2.75) is 37.5 Å². The van der Waals surface area contributed by atoms with E-state index in [0.29, 0.717) is 23.3 Å². The molecular formula is C19H22N6O4. The lowest BCUT2D eigenvalue weighted by atomic mass is 9.94. The molecular weight excluding hydrogens is 376 g/mol. The van der Waals surface area contributed by atoms with Gasteiger partial charge in [-0.25, -0.2) is 9.97 Å². The topological polar surface area (TPSA) is 162 Å². The highest BCUT2D eigenvalue weighted by molar-refractivity contribution is 5.95. The van der Waals surface area contributed by atoms with Gasteiger partial charge in [0.1, 0.15) is 29.5 Å². The summed E-state index contributed by atoms with van der Waals surface area (Å²) in [6, 6.07) is 8.71. The standard InChI is InChI=1S/C19H22N6O4/c1-19(28)13(26)18(25-6-5-12-15(21)22-9-23-16(12)25)29-14(19)17(27)24-11-4-2-3-10(7-11)8-20/h2-7,9,13-14,18,26,28H,8,20H2,1H3,(H,24,27)(H2,21,22,23)/t13-,14+,18+,19-/m0/s1. The molecule has 3 heterocycles. The minimum Gasteiger partial charge on any atom is -0.385 e. The number of aromatic nitrogens is 3. The number of aliphatic hydroxyl groups excluding tert-OH is 1. The molecule has 1 aromatic carbocycles. The maximum atomic E-state index is 12.8. The lowest BCUT2D eigenvalue weighted by Crippen LogP contribution is -2.49. The summed E-state index contributed by atoms with van der Waals surface area (Å²) in [6.07, 6.45) is -0.837. The smallest absolute Gasteiger partial charge is 0.256 e. The summed E-state index contributed by atoms with van der Waals surface area (Å²) in [4.78, 5) is 20.9. The van der Waals surface area contributed by atoms with Crippen LogP contribution < -0.4 is 16.8 Å². The number of aliphatic hydroxyl groups is 2. The van der Waals surface area contributed by atoms with Crippen molar-refractivity contribution >= 4 is 28.4 Å². The van der Waals surface area contributed by atoms with E-state index in [1.165, 1.54) is 17.8 Å². The van der Waals surface area contributed by atoms with Crippen molar-refractivity contribution in [3.8, 4) is 0 Å². The molecule has 10 heteroatoms. The monoisotopic (exact) mass is 398 g/mol. The number of hydrogen-bond donors (Lipinski definition) is 5. The normalized spacial score (nSPS) is 26.7. The van der Waals surface area contributed by atoms with Crippen LogP contribution in [0.25, 0.3) is 11.0 Å². The van der Waals surface area contributed by atoms with E-state index in [0.717, 1.165) is 5.56 Å². The van der Waals surface area contributed by atoms with Crippen LogP contribution in [-0.2, 0) is 16.1 Å². The quantitative estimate of drug-likeness (QED) is 0.414. The Labute approximate surface area is 166 Å². The first kappa shape index (κ1) is 19.3. The fourth-order valence-corrected chi connectivity index (χ4v) is 3.52. The van der Waals surface area contributed by atoms with Crippen molar-refractivity contribution in [1.82, 2.24) is 14.5 Å². The number of carbonyl (C=O) groups is 1. The first-order valence-corrected chi connectivity index (χ1v) is 9.05. The maximum absolute atomic E-state index is 12.8. The van der Waals surface area contributed by atoms with Gasteiger partial charge < -0.3 is 36.3 Å². The summed E-state index contributed by atoms with van der Waals surface area (Å²) in [5, 5.41) is 24.8. The molecule has 29 heavy (non-hydrogen) atoms. The van der Waals surface area contributed by atoms with Gasteiger partial charge >= 0.3 is 0 Å². The number of ether oxygens (including phenoxy) is 1. The van der Waals surface area contributed by atoms with Gasteiger partial charge in [-0.3, -0.25) is 4.79 Å². The van der Waals surface area contributed by atoms with Crippen LogP contribution in [0.4, 0.5) is 11.5 Å². The second-order valence-electron chi connectivity index (χ2n) is 7.19. The average molecular weight is 398 g/mol. The highest BCUT2D eigenvalue weighted by Crippen LogP contribution is 2.39. The lowest BCUT2D eigenvalue weighted by Gasteiger charge is -2.25. The Balaban J connectivity index is 1.62. The Bertz CT molecular complexity index is 1070. The number of hydrogen-bond acceptors (Lipinski definition) is 8. The molecule has 4 rings (SSSR count). The van der Waals surface area contributed by atoms with E-state index >= 15 is 0 Å². The van der Waals surface area contributed by atoms with Crippen LogP contribution in [0.3, 0.4) is 0 Å². The van der Waals surface area contributed by atoms with Crippen molar-refractivity contribution < 1.29 is 19.7 Å². The summed E-state index contributed by atoms with van der Waals surface area (Å²) in [6.45, 7) is 1.68. The third-order valence-electron chi connectivity index (χ3n) is 5.16. The van der Waals surface area contributed by atoms with Gasteiger partial charge in [-0.15, -0.1) is 0 Å². The molecule has 0 radical (unpaired) electrons. The average Bonchev–Trinajstić information content (AvgIpc) is 3.22. The second-order valence-corrected chi connectivity index (χ2v) is 7.19. The zero-order chi connectivity index (χ0) is 20.8. The van der Waals surface area contributed by atoms with Crippen molar-refractivity contribution in [2.24, 2.45) is 5.73 Å². The van der Waals surface area contributed by atoms with Crippen LogP contribution in [0.5, 0.6) is 0 Å². The molecule has 3 aromatic rings. The van der Waals surface area contributed by atoms with Crippen molar-refractivity contribution in [2.75, 3.05) is 11.1 Å². The van der Waals surface area contributed by atoms with Crippen LogP contribution in [-0.4, -0.2) is 48.5 Å². The molecule has 4 atom stereocenters. The van der Waals surface area contributed by atoms with E-state index in [4.69, 9.17) is 16.2 Å². The molecule has 2 aromatic heterocycles. The molecule has 1 aliphatic heterocycles. The van der Waals surface area contributed by atoms with E-state index in [1.807, 2.05) is 6.07 Å². The van der Waals surface area contributed by atoms with E-state index in [-0.39, 0.29) is 5.82 Å². The fourth-order valence-electron chi connectivity index (χ4n) is 3.52. The zero-order valence-electron chi connectivity index (χ0n) is 15.7. The third kappa shape index (κ3) is 3.21. The Kier molecular flexibility index (Phi) is 4.71. The number of nitrogens with zero attached hydrogens (tertiary/aromatic N) is 3. The first-order valence-electron chi connectivity index (χ1n) is 9.05. The lowest BCUT2D eigenvalue weighted by molar-refractivity contribution is -0.137. The highest BCUT2D eigenvalue weighted by atomic mass is 16.6. The molecule has 1 aliphatic rings. The van der Waals surface area contributed by atoms with E-state index in [1.54, 1.807) is 30.5 Å². The largest absolute Gasteiger partial charge is 0.385 e. The van der Waals surface area contributed by atoms with Gasteiger partial charge in [-0.05, 0) is 30.7 Å². The molecule has 0 spiro atoms. The maximum Gasteiger partial charge on any atom is 0.256 e. The van der Waals surface area contributed by atoms with E-state index < -0.39 is 29.9 Å². The van der Waals surface area contributed by atoms with Gasteiger partial charge in [-0.1, -0.05) is 12.1 Å². The van der Waals surface area contributed by atoms with Gasteiger partial charge in [0.25, 0.3) is 5.91 Å². The summed E-state index contributed by atoms with van der Waals surface area (Å²) in [5.74, 6) is -0.307. The van der Waals surface area contributed by atoms with Gasteiger partial charge in [0.2, 0.25) is 0 Å². The number of anilines is 2. The molecule has 10 nitrogen and oxygen atoms in total. The Morgan fingerprint density at radius 3 is 2.93 bits per heavy atom.